The van der Waals surface area contributed by atoms with Gasteiger partial charge in [-0.2, -0.15) is 0 Å². The van der Waals surface area contributed by atoms with Crippen LogP contribution in [0.3, 0.4) is 0 Å². The lowest BCUT2D eigenvalue weighted by Crippen LogP contribution is -2.11. The standard InChI is InChI=1S/C23H25N3OS/c1-15-12-18(23(2,3)4)22(27)21(13-15)26-25-20-11-10-17(14-19(20)24)28-16-8-6-5-7-9-16/h5-14,27H,24H2,1-4H3. The van der Waals surface area contributed by atoms with E-state index in [9.17, 15) is 5.11 Å². The van der Waals surface area contributed by atoms with Crippen LogP contribution in [0.25, 0.3) is 0 Å². The van der Waals surface area contributed by atoms with Gasteiger partial charge in [0.2, 0.25) is 0 Å². The van der Waals surface area contributed by atoms with Crippen LogP contribution in [0.2, 0.25) is 0 Å². The van der Waals surface area contributed by atoms with Crippen molar-refractivity contribution in [1.82, 2.24) is 0 Å². The molecule has 3 N–H and O–H groups in total. The highest BCUT2D eigenvalue weighted by Gasteiger charge is 2.20. The Kier molecular flexibility index (Phi) is 5.75. The van der Waals surface area contributed by atoms with Gasteiger partial charge in [0, 0.05) is 15.4 Å². The predicted molar refractivity (Wildman–Crippen MR) is 117 cm³/mol. The van der Waals surface area contributed by atoms with Gasteiger partial charge >= 0.3 is 0 Å². The van der Waals surface area contributed by atoms with Crippen molar-refractivity contribution < 1.29 is 5.11 Å². The SMILES string of the molecule is Cc1cc(N=Nc2ccc(Sc3ccccc3)cc2N)c(O)c(C(C)(C)C)c1. The summed E-state index contributed by atoms with van der Waals surface area (Å²) in [4.78, 5) is 2.19. The average Bonchev–Trinajstić information content (AvgIpc) is 2.63. The highest BCUT2D eigenvalue weighted by atomic mass is 32.2. The molecule has 0 atom stereocenters. The quantitative estimate of drug-likeness (QED) is 0.366. The summed E-state index contributed by atoms with van der Waals surface area (Å²) >= 11 is 1.64. The molecule has 3 rings (SSSR count). The fraction of sp³-hybridized carbons (Fsp3) is 0.217. The zero-order valence-corrected chi connectivity index (χ0v) is 17.4. The van der Waals surface area contributed by atoms with Crippen molar-refractivity contribution in [3.63, 3.8) is 0 Å². The summed E-state index contributed by atoms with van der Waals surface area (Å²) in [5.74, 6) is 0.164. The minimum Gasteiger partial charge on any atom is -0.505 e. The fourth-order valence-electron chi connectivity index (χ4n) is 2.83. The van der Waals surface area contributed by atoms with Crippen LogP contribution in [-0.4, -0.2) is 5.11 Å². The molecule has 28 heavy (non-hydrogen) atoms. The van der Waals surface area contributed by atoms with E-state index in [2.05, 4.69) is 43.1 Å². The Balaban J connectivity index is 1.86. The molecule has 3 aromatic rings. The van der Waals surface area contributed by atoms with Crippen LogP contribution in [0.5, 0.6) is 5.75 Å². The number of nitrogens with two attached hydrogens (primary N) is 1. The summed E-state index contributed by atoms with van der Waals surface area (Å²) < 4.78 is 0. The summed E-state index contributed by atoms with van der Waals surface area (Å²) in [6.07, 6.45) is 0. The van der Waals surface area contributed by atoms with E-state index in [4.69, 9.17) is 5.73 Å². The molecule has 0 unspecified atom stereocenters. The third kappa shape index (κ3) is 4.73. The van der Waals surface area contributed by atoms with Gasteiger partial charge in [-0.05, 0) is 54.3 Å². The van der Waals surface area contributed by atoms with Crippen LogP contribution in [-0.2, 0) is 5.41 Å². The smallest absolute Gasteiger partial charge is 0.146 e. The summed E-state index contributed by atoms with van der Waals surface area (Å²) in [6, 6.07) is 19.6. The van der Waals surface area contributed by atoms with Gasteiger partial charge in [0.25, 0.3) is 0 Å². The van der Waals surface area contributed by atoms with Crippen molar-refractivity contribution in [1.29, 1.82) is 0 Å². The second kappa shape index (κ2) is 8.07. The molecule has 0 fully saturated rings. The second-order valence-electron chi connectivity index (χ2n) is 7.77. The van der Waals surface area contributed by atoms with Crippen molar-refractivity contribution in [2.24, 2.45) is 10.2 Å². The summed E-state index contributed by atoms with van der Waals surface area (Å²) in [6.45, 7) is 8.16. The average molecular weight is 392 g/mol. The van der Waals surface area contributed by atoms with Gasteiger partial charge in [-0.15, -0.1) is 10.2 Å². The summed E-state index contributed by atoms with van der Waals surface area (Å²) in [5, 5.41) is 19.2. The molecule has 0 heterocycles. The van der Waals surface area contributed by atoms with Gasteiger partial charge in [0.1, 0.15) is 17.1 Å². The van der Waals surface area contributed by atoms with Crippen LogP contribution in [0, 0.1) is 6.92 Å². The Labute approximate surface area is 170 Å². The molecule has 0 saturated carbocycles. The Hall–Kier alpha value is -2.79. The Morgan fingerprint density at radius 3 is 2.18 bits per heavy atom. The molecule has 0 saturated heterocycles. The predicted octanol–water partition coefficient (Wildman–Crippen LogP) is 7.15. The highest BCUT2D eigenvalue weighted by molar-refractivity contribution is 7.99. The first-order valence-corrected chi connectivity index (χ1v) is 9.94. The number of nitrogens with zero attached hydrogens (tertiary/aromatic N) is 2. The largest absolute Gasteiger partial charge is 0.505 e. The number of azo groups is 1. The van der Waals surface area contributed by atoms with Crippen LogP contribution in [0.1, 0.15) is 31.9 Å². The molecule has 0 aliphatic heterocycles. The maximum Gasteiger partial charge on any atom is 0.146 e. The number of aromatic hydroxyl groups is 1. The van der Waals surface area contributed by atoms with Crippen LogP contribution < -0.4 is 5.73 Å². The molecule has 0 aliphatic rings. The van der Waals surface area contributed by atoms with Crippen LogP contribution in [0.4, 0.5) is 17.1 Å². The number of phenols is 1. The first-order chi connectivity index (χ1) is 13.2. The molecule has 0 radical (unpaired) electrons. The molecule has 4 nitrogen and oxygen atoms in total. The van der Waals surface area contributed by atoms with Gasteiger partial charge in [-0.25, -0.2) is 0 Å². The van der Waals surface area contributed by atoms with Gasteiger partial charge in [-0.1, -0.05) is 56.8 Å². The number of hydrogen-bond donors (Lipinski definition) is 2. The zero-order chi connectivity index (χ0) is 20.3. The van der Waals surface area contributed by atoms with Gasteiger partial charge < -0.3 is 10.8 Å². The Bertz CT molecular complexity index is 1010. The number of benzene rings is 3. The minimum atomic E-state index is -0.185. The van der Waals surface area contributed by atoms with E-state index in [1.807, 2.05) is 55.5 Å². The van der Waals surface area contributed by atoms with Crippen molar-refractivity contribution in [3.05, 3.63) is 71.8 Å². The van der Waals surface area contributed by atoms with Crippen LogP contribution >= 0.6 is 11.8 Å². The van der Waals surface area contributed by atoms with Crippen molar-refractivity contribution >= 4 is 28.8 Å². The summed E-state index contributed by atoms with van der Waals surface area (Å²) in [7, 11) is 0. The minimum absolute atomic E-state index is 0.164. The van der Waals surface area contributed by atoms with Crippen molar-refractivity contribution in [2.75, 3.05) is 5.73 Å². The molecular formula is C23H25N3OS. The number of phenolic OH excluding ortho intramolecular Hbond substituents is 1. The van der Waals surface area contributed by atoms with E-state index >= 15 is 0 Å². The lowest BCUT2D eigenvalue weighted by atomic mass is 9.85. The first-order valence-electron chi connectivity index (χ1n) is 9.12. The number of hydrogen-bond acceptors (Lipinski definition) is 5. The zero-order valence-electron chi connectivity index (χ0n) is 16.6. The van der Waals surface area contributed by atoms with E-state index in [1.54, 1.807) is 11.8 Å². The monoisotopic (exact) mass is 391 g/mol. The molecule has 0 aromatic heterocycles. The van der Waals surface area contributed by atoms with E-state index in [0.717, 1.165) is 20.9 Å². The number of anilines is 1. The van der Waals surface area contributed by atoms with E-state index in [1.165, 1.54) is 0 Å². The van der Waals surface area contributed by atoms with Gasteiger partial charge in [0.15, 0.2) is 0 Å². The molecule has 5 heteroatoms. The topological polar surface area (TPSA) is 71.0 Å². The summed E-state index contributed by atoms with van der Waals surface area (Å²) in [5.41, 5.74) is 9.45. The second-order valence-corrected chi connectivity index (χ2v) is 8.91. The highest BCUT2D eigenvalue weighted by Crippen LogP contribution is 2.40. The van der Waals surface area contributed by atoms with Crippen LogP contribution in [0.15, 0.2) is 80.7 Å². The van der Waals surface area contributed by atoms with E-state index in [0.29, 0.717) is 17.1 Å². The Morgan fingerprint density at radius 2 is 1.54 bits per heavy atom. The molecule has 0 aliphatic carbocycles. The molecule has 0 spiro atoms. The maximum atomic E-state index is 10.6. The number of nitrogen functional groups attached to an aromatic ring is 1. The third-order valence-corrected chi connectivity index (χ3v) is 5.28. The van der Waals surface area contributed by atoms with Crippen molar-refractivity contribution in [2.45, 2.75) is 42.9 Å². The molecule has 144 valence electrons. The van der Waals surface area contributed by atoms with Crippen molar-refractivity contribution in [3.8, 4) is 5.75 Å². The number of rotatable bonds is 4. The van der Waals surface area contributed by atoms with E-state index in [-0.39, 0.29) is 11.2 Å². The fourth-order valence-corrected chi connectivity index (χ4v) is 3.71. The lowest BCUT2D eigenvalue weighted by Gasteiger charge is -2.21. The normalized spacial score (nSPS) is 11.9. The molecular weight excluding hydrogens is 366 g/mol. The van der Waals surface area contributed by atoms with E-state index < -0.39 is 0 Å². The Morgan fingerprint density at radius 1 is 0.857 bits per heavy atom. The lowest BCUT2D eigenvalue weighted by molar-refractivity contribution is 0.447. The molecule has 0 amide bonds. The first kappa shape index (κ1) is 20.0. The number of aryl methyl sites for hydroxylation is 1. The molecule has 0 bridgehead atoms. The molecule has 3 aromatic carbocycles. The van der Waals surface area contributed by atoms with Gasteiger partial charge in [0.05, 0.1) is 5.69 Å². The van der Waals surface area contributed by atoms with Gasteiger partial charge in [-0.3, -0.25) is 0 Å². The maximum absolute atomic E-state index is 10.6. The third-order valence-electron chi connectivity index (χ3n) is 4.29.